The topological polar surface area (TPSA) is 52.6 Å². The summed E-state index contributed by atoms with van der Waals surface area (Å²) in [6, 6.07) is 0. The van der Waals surface area contributed by atoms with Gasteiger partial charge in [0.05, 0.1) is 5.41 Å². The van der Waals surface area contributed by atoms with Gasteiger partial charge in [-0.2, -0.15) is 26.3 Å². The summed E-state index contributed by atoms with van der Waals surface area (Å²) >= 11 is 0. The van der Waals surface area contributed by atoms with E-state index in [0.29, 0.717) is 0 Å². The molecular weight excluding hydrogens is 382 g/mol. The molecule has 1 aliphatic carbocycles. The molecule has 4 nitrogen and oxygen atoms in total. The molecule has 1 saturated carbocycles. The zero-order chi connectivity index (χ0) is 21.5. The molecule has 0 aromatic rings. The van der Waals surface area contributed by atoms with E-state index in [1.54, 1.807) is 0 Å². The van der Waals surface area contributed by atoms with Gasteiger partial charge < -0.3 is 9.47 Å². The van der Waals surface area contributed by atoms with E-state index in [1.807, 2.05) is 0 Å². The Morgan fingerprint density at radius 3 is 1.63 bits per heavy atom. The van der Waals surface area contributed by atoms with Gasteiger partial charge in [0, 0.05) is 5.57 Å². The van der Waals surface area contributed by atoms with E-state index in [-0.39, 0.29) is 18.4 Å². The summed E-state index contributed by atoms with van der Waals surface area (Å²) in [5, 5.41) is 0. The maximum absolute atomic E-state index is 14.0. The van der Waals surface area contributed by atoms with Crippen LogP contribution in [0.5, 0.6) is 0 Å². The summed E-state index contributed by atoms with van der Waals surface area (Å²) in [4.78, 5) is 24.0. The number of hydrogen-bond donors (Lipinski definition) is 0. The highest BCUT2D eigenvalue weighted by Gasteiger charge is 2.85. The number of ether oxygens (including phenoxy) is 2. The van der Waals surface area contributed by atoms with Crippen molar-refractivity contribution in [3.05, 3.63) is 12.2 Å². The summed E-state index contributed by atoms with van der Waals surface area (Å²) < 4.78 is 92.7. The summed E-state index contributed by atoms with van der Waals surface area (Å²) in [6.45, 7) is 7.64. The van der Waals surface area contributed by atoms with Crippen molar-refractivity contribution in [1.29, 1.82) is 0 Å². The highest BCUT2D eigenvalue weighted by Crippen LogP contribution is 2.59. The van der Waals surface area contributed by atoms with E-state index in [2.05, 4.69) is 11.3 Å². The van der Waals surface area contributed by atoms with E-state index < -0.39 is 53.7 Å². The summed E-state index contributed by atoms with van der Waals surface area (Å²) in [5.74, 6) is -3.13. The van der Waals surface area contributed by atoms with Crippen molar-refractivity contribution < 1.29 is 45.4 Å². The van der Waals surface area contributed by atoms with E-state index in [9.17, 15) is 35.9 Å². The number of halogens is 6. The van der Waals surface area contributed by atoms with Crippen molar-refractivity contribution in [3.8, 4) is 0 Å². The zero-order valence-electron chi connectivity index (χ0n) is 15.4. The summed E-state index contributed by atoms with van der Waals surface area (Å²) in [5.41, 5.74) is -10.1. The molecule has 0 aromatic heterocycles. The molecule has 10 heteroatoms. The third kappa shape index (κ3) is 4.08. The van der Waals surface area contributed by atoms with Gasteiger partial charge in [0.1, 0.15) is 0 Å². The van der Waals surface area contributed by atoms with Crippen molar-refractivity contribution in [3.63, 3.8) is 0 Å². The fourth-order valence-corrected chi connectivity index (χ4v) is 2.91. The van der Waals surface area contributed by atoms with E-state index >= 15 is 0 Å². The van der Waals surface area contributed by atoms with Crippen LogP contribution in [0.4, 0.5) is 26.3 Å². The van der Waals surface area contributed by atoms with Crippen LogP contribution in [0.3, 0.4) is 0 Å². The second-order valence-electron chi connectivity index (χ2n) is 7.69. The highest BCUT2D eigenvalue weighted by atomic mass is 19.4. The Morgan fingerprint density at radius 1 is 0.926 bits per heavy atom. The first kappa shape index (κ1) is 23.3. The molecule has 0 amide bonds. The molecule has 0 aliphatic heterocycles. The molecule has 0 heterocycles. The van der Waals surface area contributed by atoms with Crippen molar-refractivity contribution in [2.75, 3.05) is 0 Å². The second-order valence-corrected chi connectivity index (χ2v) is 7.69. The van der Waals surface area contributed by atoms with Gasteiger partial charge in [0.2, 0.25) is 0 Å². The van der Waals surface area contributed by atoms with Crippen LogP contribution < -0.4 is 0 Å². The van der Waals surface area contributed by atoms with Gasteiger partial charge in [0.25, 0.3) is 0 Å². The molecule has 0 N–H and O–H groups in total. The molecule has 0 aromatic carbocycles. The minimum absolute atomic E-state index is 0.0650. The van der Waals surface area contributed by atoms with Gasteiger partial charge in [-0.3, -0.25) is 4.79 Å². The van der Waals surface area contributed by atoms with Gasteiger partial charge in [0.15, 0.2) is 5.60 Å². The largest absolute Gasteiger partial charge is 0.451 e. The third-order valence-corrected chi connectivity index (χ3v) is 4.35. The normalized spacial score (nSPS) is 18.1. The molecule has 1 fully saturated rings. The molecule has 0 unspecified atom stereocenters. The highest BCUT2D eigenvalue weighted by molar-refractivity contribution is 5.87. The summed E-state index contributed by atoms with van der Waals surface area (Å²) in [7, 11) is 0. The fourth-order valence-electron chi connectivity index (χ4n) is 2.91. The smallest absolute Gasteiger partial charge is 0.441 e. The Labute approximate surface area is 152 Å². The van der Waals surface area contributed by atoms with Crippen LogP contribution in [-0.2, 0) is 19.1 Å². The zero-order valence-corrected chi connectivity index (χ0v) is 15.4. The predicted octanol–water partition coefficient (Wildman–Crippen LogP) is 4.87. The Bertz CT molecular complexity index is 592. The van der Waals surface area contributed by atoms with E-state index in [0.717, 1.165) is 27.7 Å². The SMILES string of the molecule is C=C(C)C(=O)OC1(C(OC(=O)C(C)(C)C)(C(F)(F)F)C(F)(F)F)CCCC1. The molecule has 0 bridgehead atoms. The van der Waals surface area contributed by atoms with Crippen molar-refractivity contribution >= 4 is 11.9 Å². The molecule has 0 atom stereocenters. The predicted molar refractivity (Wildman–Crippen MR) is 82.5 cm³/mol. The number of carbonyl (C=O) groups excluding carboxylic acids is 2. The van der Waals surface area contributed by atoms with Gasteiger partial charge >= 0.3 is 29.9 Å². The quantitative estimate of drug-likeness (QED) is 0.381. The fraction of sp³-hybridized carbons (Fsp3) is 0.765. The van der Waals surface area contributed by atoms with E-state index in [1.165, 1.54) is 0 Å². The van der Waals surface area contributed by atoms with Crippen LogP contribution in [0.25, 0.3) is 0 Å². The van der Waals surface area contributed by atoms with Crippen molar-refractivity contribution in [1.82, 2.24) is 0 Å². The maximum Gasteiger partial charge on any atom is 0.441 e. The van der Waals surface area contributed by atoms with Crippen LogP contribution >= 0.6 is 0 Å². The van der Waals surface area contributed by atoms with Crippen LogP contribution in [0.15, 0.2) is 12.2 Å². The standard InChI is InChI=1S/C17H22F6O4/c1-10(2)11(24)26-14(8-6-7-9-14)15(16(18,19)20,17(21,22)23)27-12(25)13(3,4)5/h1,6-9H2,2-5H3. The maximum atomic E-state index is 14.0. The number of rotatable bonds is 4. The minimum Gasteiger partial charge on any atom is -0.451 e. The van der Waals surface area contributed by atoms with Gasteiger partial charge in [-0.1, -0.05) is 6.58 Å². The van der Waals surface area contributed by atoms with Crippen LogP contribution in [0, 0.1) is 5.41 Å². The van der Waals surface area contributed by atoms with Gasteiger partial charge in [-0.25, -0.2) is 4.79 Å². The van der Waals surface area contributed by atoms with E-state index in [4.69, 9.17) is 4.74 Å². The van der Waals surface area contributed by atoms with Crippen LogP contribution in [0.2, 0.25) is 0 Å². The first-order valence-corrected chi connectivity index (χ1v) is 8.17. The molecule has 0 spiro atoms. The Hall–Kier alpha value is -1.74. The van der Waals surface area contributed by atoms with Crippen LogP contribution in [-0.4, -0.2) is 35.5 Å². The average Bonchev–Trinajstić information content (AvgIpc) is 2.89. The number of esters is 2. The number of hydrogen-bond acceptors (Lipinski definition) is 4. The van der Waals surface area contributed by atoms with Gasteiger partial charge in [-0.15, -0.1) is 0 Å². The first-order valence-electron chi connectivity index (χ1n) is 8.17. The Kier molecular flexibility index (Phi) is 6.05. The van der Waals surface area contributed by atoms with Crippen molar-refractivity contribution in [2.24, 2.45) is 5.41 Å². The average molecular weight is 404 g/mol. The molecular formula is C17H22F6O4. The monoisotopic (exact) mass is 404 g/mol. The minimum atomic E-state index is -6.08. The molecule has 0 radical (unpaired) electrons. The van der Waals surface area contributed by atoms with Gasteiger partial charge in [-0.05, 0) is 53.4 Å². The molecule has 1 aliphatic rings. The molecule has 0 saturated heterocycles. The molecule has 156 valence electrons. The lowest BCUT2D eigenvalue weighted by Gasteiger charge is -2.48. The lowest BCUT2D eigenvalue weighted by Crippen LogP contribution is -2.73. The number of alkyl halides is 6. The van der Waals surface area contributed by atoms with Crippen LogP contribution in [0.1, 0.15) is 53.4 Å². The first-order chi connectivity index (χ1) is 11.9. The Morgan fingerprint density at radius 2 is 1.33 bits per heavy atom. The lowest BCUT2D eigenvalue weighted by molar-refractivity contribution is -0.413. The number of carbonyl (C=O) groups is 2. The molecule has 1 rings (SSSR count). The third-order valence-electron chi connectivity index (χ3n) is 4.35. The second kappa shape index (κ2) is 7.01. The molecule has 27 heavy (non-hydrogen) atoms. The van der Waals surface area contributed by atoms with Crippen molar-refractivity contribution in [2.45, 2.75) is 76.9 Å². The summed E-state index contributed by atoms with van der Waals surface area (Å²) in [6.07, 6.45) is -13.8. The Balaban J connectivity index is 3.74. The lowest BCUT2D eigenvalue weighted by atomic mass is 9.78.